The van der Waals surface area contributed by atoms with Crippen LogP contribution in [0, 0.1) is 12.8 Å². The number of carbonyl (C=O) groups excluding carboxylic acids is 1. The number of hydrogen-bond acceptors (Lipinski definition) is 6. The highest BCUT2D eigenvalue weighted by Gasteiger charge is 2.14. The second kappa shape index (κ2) is 10.9. The first-order valence-electron chi connectivity index (χ1n) is 9.86. The molecule has 3 rings (SSSR count). The molecule has 0 spiro atoms. The maximum atomic E-state index is 12.6. The smallest absolute Gasteiger partial charge is 0.257 e. The molecule has 9 heteroatoms. The first kappa shape index (κ1) is 22.8. The normalized spacial score (nSPS) is 10.7. The number of aromatic nitrogens is 3. The van der Waals surface area contributed by atoms with Crippen LogP contribution >= 0.6 is 24.0 Å². The molecule has 0 saturated carbocycles. The molecule has 1 amide bonds. The van der Waals surface area contributed by atoms with E-state index in [1.807, 2.05) is 31.2 Å². The number of aryl methyl sites for hydroxylation is 1. The number of ether oxygens (including phenoxy) is 1. The molecule has 7 nitrogen and oxygen atoms in total. The van der Waals surface area contributed by atoms with Gasteiger partial charge in [0.1, 0.15) is 11.6 Å². The van der Waals surface area contributed by atoms with Crippen LogP contribution in [0.2, 0.25) is 0 Å². The quantitative estimate of drug-likeness (QED) is 0.390. The number of nitrogens with one attached hydrogen (secondary N) is 2. The average Bonchev–Trinajstić information content (AvgIpc) is 3.11. The first-order valence-corrected chi connectivity index (χ1v) is 11.3. The summed E-state index contributed by atoms with van der Waals surface area (Å²) < 4.78 is 7.36. The Morgan fingerprint density at radius 3 is 2.68 bits per heavy atom. The second-order valence-corrected chi connectivity index (χ2v) is 8.62. The fourth-order valence-corrected chi connectivity index (χ4v) is 3.66. The Labute approximate surface area is 191 Å². The summed E-state index contributed by atoms with van der Waals surface area (Å²) in [5.74, 6) is 2.10. The third-order valence-electron chi connectivity index (χ3n) is 4.13. The summed E-state index contributed by atoms with van der Waals surface area (Å²) in [4.78, 5) is 12.6. The van der Waals surface area contributed by atoms with E-state index in [1.54, 1.807) is 22.9 Å². The van der Waals surface area contributed by atoms with Crippen LogP contribution in [0.3, 0.4) is 0 Å². The Morgan fingerprint density at radius 1 is 1.16 bits per heavy atom. The van der Waals surface area contributed by atoms with Gasteiger partial charge in [-0.1, -0.05) is 62.0 Å². The molecule has 0 fully saturated rings. The standard InChI is InChI=1S/C22H25N5O2S2/c1-15(2)13-29-19-11-7-10-18(12-19)20(28)23-21(30)26-27-16(3)24-25-22(27)31-14-17-8-5-4-6-9-17/h4-12,15H,13-14H2,1-3H3,(H2,23,26,28,30). The van der Waals surface area contributed by atoms with Gasteiger partial charge in [0.15, 0.2) is 5.11 Å². The van der Waals surface area contributed by atoms with Crippen molar-refractivity contribution in [2.24, 2.45) is 5.92 Å². The van der Waals surface area contributed by atoms with Gasteiger partial charge >= 0.3 is 0 Å². The van der Waals surface area contributed by atoms with Crippen molar-refractivity contribution >= 4 is 35.0 Å². The van der Waals surface area contributed by atoms with Gasteiger partial charge in [-0.3, -0.25) is 15.5 Å². The van der Waals surface area contributed by atoms with Crippen molar-refractivity contribution in [3.63, 3.8) is 0 Å². The van der Waals surface area contributed by atoms with Gasteiger partial charge in [-0.05, 0) is 48.8 Å². The summed E-state index contributed by atoms with van der Waals surface area (Å²) >= 11 is 6.86. The number of thioether (sulfide) groups is 1. The number of thiocarbonyl (C=S) groups is 1. The van der Waals surface area contributed by atoms with Crippen LogP contribution in [-0.2, 0) is 5.75 Å². The molecule has 0 radical (unpaired) electrons. The first-order chi connectivity index (χ1) is 14.9. The summed E-state index contributed by atoms with van der Waals surface area (Å²) in [5, 5.41) is 11.8. The zero-order chi connectivity index (χ0) is 22.2. The van der Waals surface area contributed by atoms with Gasteiger partial charge in [-0.25, -0.2) is 4.68 Å². The molecule has 0 bridgehead atoms. The molecule has 0 unspecified atom stereocenters. The third kappa shape index (κ3) is 6.80. The molecule has 2 N–H and O–H groups in total. The van der Waals surface area contributed by atoms with E-state index in [1.165, 1.54) is 17.3 Å². The van der Waals surface area contributed by atoms with Gasteiger partial charge in [0, 0.05) is 11.3 Å². The van der Waals surface area contributed by atoms with Crippen LogP contribution < -0.4 is 15.5 Å². The highest BCUT2D eigenvalue weighted by Crippen LogP contribution is 2.21. The summed E-state index contributed by atoms with van der Waals surface area (Å²) in [5.41, 5.74) is 4.63. The summed E-state index contributed by atoms with van der Waals surface area (Å²) in [6, 6.07) is 17.1. The Bertz CT molecular complexity index is 1040. The Hall–Kier alpha value is -2.91. The fourth-order valence-electron chi connectivity index (χ4n) is 2.58. The van der Waals surface area contributed by atoms with Gasteiger partial charge in [0.25, 0.3) is 5.91 Å². The molecule has 0 saturated heterocycles. The maximum absolute atomic E-state index is 12.6. The van der Waals surface area contributed by atoms with Crippen LogP contribution in [0.4, 0.5) is 0 Å². The van der Waals surface area contributed by atoms with E-state index in [-0.39, 0.29) is 11.0 Å². The van der Waals surface area contributed by atoms with Gasteiger partial charge in [-0.2, -0.15) is 0 Å². The molecule has 1 heterocycles. The summed E-state index contributed by atoms with van der Waals surface area (Å²) in [6.45, 7) is 6.54. The number of nitrogens with zero attached hydrogens (tertiary/aromatic N) is 3. The predicted molar refractivity (Wildman–Crippen MR) is 127 cm³/mol. The molecule has 31 heavy (non-hydrogen) atoms. The highest BCUT2D eigenvalue weighted by atomic mass is 32.2. The van der Waals surface area contributed by atoms with Crippen molar-refractivity contribution in [3.05, 3.63) is 71.5 Å². The van der Waals surface area contributed by atoms with Crippen molar-refractivity contribution < 1.29 is 9.53 Å². The van der Waals surface area contributed by atoms with E-state index < -0.39 is 0 Å². The molecule has 3 aromatic rings. The van der Waals surface area contributed by atoms with Gasteiger partial charge in [0.2, 0.25) is 5.16 Å². The zero-order valence-corrected chi connectivity index (χ0v) is 19.3. The monoisotopic (exact) mass is 455 g/mol. The van der Waals surface area contributed by atoms with E-state index in [2.05, 4.69) is 46.9 Å². The SMILES string of the molecule is Cc1nnc(SCc2ccccc2)n1NC(=S)NC(=O)c1cccc(OCC(C)C)c1. The fraction of sp³-hybridized carbons (Fsp3) is 0.273. The minimum atomic E-state index is -0.322. The number of hydrogen-bond donors (Lipinski definition) is 2. The molecule has 2 aromatic carbocycles. The van der Waals surface area contributed by atoms with Crippen molar-refractivity contribution in [2.45, 2.75) is 31.7 Å². The lowest BCUT2D eigenvalue weighted by atomic mass is 10.2. The van der Waals surface area contributed by atoms with Crippen LogP contribution in [0.1, 0.15) is 35.6 Å². The van der Waals surface area contributed by atoms with Gasteiger partial charge in [0.05, 0.1) is 6.61 Å². The predicted octanol–water partition coefficient (Wildman–Crippen LogP) is 4.17. The lowest BCUT2D eigenvalue weighted by molar-refractivity contribution is 0.0977. The van der Waals surface area contributed by atoms with Crippen molar-refractivity contribution in [3.8, 4) is 5.75 Å². The zero-order valence-electron chi connectivity index (χ0n) is 17.7. The number of rotatable bonds is 8. The average molecular weight is 456 g/mol. The van der Waals surface area contributed by atoms with Crippen molar-refractivity contribution in [2.75, 3.05) is 12.0 Å². The Balaban J connectivity index is 1.60. The maximum Gasteiger partial charge on any atom is 0.257 e. The molecule has 0 aliphatic heterocycles. The molecule has 0 aliphatic rings. The molecule has 0 atom stereocenters. The van der Waals surface area contributed by atoms with E-state index >= 15 is 0 Å². The van der Waals surface area contributed by atoms with Crippen LogP contribution in [0.25, 0.3) is 0 Å². The minimum absolute atomic E-state index is 0.156. The summed E-state index contributed by atoms with van der Waals surface area (Å²) in [6.07, 6.45) is 0. The lowest BCUT2D eigenvalue weighted by Gasteiger charge is -2.14. The Kier molecular flexibility index (Phi) is 8.02. The minimum Gasteiger partial charge on any atom is -0.493 e. The topological polar surface area (TPSA) is 81.1 Å². The molecular weight excluding hydrogens is 430 g/mol. The van der Waals surface area contributed by atoms with Crippen LogP contribution in [-0.4, -0.2) is 32.5 Å². The Morgan fingerprint density at radius 2 is 1.94 bits per heavy atom. The number of amides is 1. The van der Waals surface area contributed by atoms with Crippen LogP contribution in [0.5, 0.6) is 5.75 Å². The molecule has 162 valence electrons. The van der Waals surface area contributed by atoms with E-state index in [9.17, 15) is 4.79 Å². The number of carbonyl (C=O) groups is 1. The van der Waals surface area contributed by atoms with E-state index in [0.717, 1.165) is 5.75 Å². The third-order valence-corrected chi connectivity index (χ3v) is 5.32. The highest BCUT2D eigenvalue weighted by molar-refractivity contribution is 7.98. The van der Waals surface area contributed by atoms with Gasteiger partial charge < -0.3 is 4.74 Å². The molecule has 1 aromatic heterocycles. The lowest BCUT2D eigenvalue weighted by Crippen LogP contribution is -2.38. The van der Waals surface area contributed by atoms with E-state index in [4.69, 9.17) is 17.0 Å². The van der Waals surface area contributed by atoms with Crippen molar-refractivity contribution in [1.82, 2.24) is 20.2 Å². The second-order valence-electron chi connectivity index (χ2n) is 7.27. The largest absolute Gasteiger partial charge is 0.493 e. The van der Waals surface area contributed by atoms with E-state index in [0.29, 0.717) is 34.8 Å². The van der Waals surface area contributed by atoms with Crippen molar-refractivity contribution in [1.29, 1.82) is 0 Å². The molecule has 0 aliphatic carbocycles. The molecular formula is C22H25N5O2S2. The van der Waals surface area contributed by atoms with Crippen LogP contribution in [0.15, 0.2) is 59.8 Å². The summed E-state index contributed by atoms with van der Waals surface area (Å²) in [7, 11) is 0. The van der Waals surface area contributed by atoms with Gasteiger partial charge in [-0.15, -0.1) is 10.2 Å². The number of benzene rings is 2.